The zero-order valence-corrected chi connectivity index (χ0v) is 25.7. The van der Waals surface area contributed by atoms with Gasteiger partial charge in [-0.2, -0.15) is 0 Å². The number of amides is 3. The third-order valence-corrected chi connectivity index (χ3v) is 9.11. The van der Waals surface area contributed by atoms with E-state index in [2.05, 4.69) is 41.9 Å². The monoisotopic (exact) mass is 599 g/mol. The van der Waals surface area contributed by atoms with Crippen LogP contribution in [0.4, 0.5) is 4.79 Å². The van der Waals surface area contributed by atoms with Crippen molar-refractivity contribution >= 4 is 29.7 Å². The first-order valence-corrected chi connectivity index (χ1v) is 15.0. The molecule has 2 aliphatic carbocycles. The topological polar surface area (TPSA) is 179 Å². The Labute approximate surface area is 252 Å². The van der Waals surface area contributed by atoms with Crippen molar-refractivity contribution in [3.63, 3.8) is 0 Å². The lowest BCUT2D eigenvalue weighted by molar-refractivity contribution is -0.135. The Bertz CT molecular complexity index is 1270. The number of ether oxygens (including phenoxy) is 2. The number of nitrogens with two attached hydrogens (primary N) is 1. The number of hydrogen-bond donors (Lipinski definition) is 5. The standard InChI is InChI=1S/C30H45N7O6/c1-6-30-19-10-11-22(39)26(30)43-25-23(12-9-18(24(25)30)16-21(19)36(3)4)42-29(41)37(5)15-14-33-27(40)20(35-17(2)38)8-7-13-34-28(31)32/h9,12,19-21,26H,6-8,10-11,13-16H2,1-5H3,(H,33,40)(H,35,38)(H4,31,32,34)/t19?,20-,21+,26?,30-/m0/s1. The molecule has 0 saturated heterocycles. The molecule has 236 valence electrons. The summed E-state index contributed by atoms with van der Waals surface area (Å²) >= 11 is 0. The minimum absolute atomic E-state index is 0.0949. The molecule has 0 spiro atoms. The second kappa shape index (κ2) is 13.2. The van der Waals surface area contributed by atoms with Crippen LogP contribution in [0.5, 0.6) is 11.5 Å². The number of hydrogen-bond acceptors (Lipinski definition) is 8. The van der Waals surface area contributed by atoms with Gasteiger partial charge in [0.05, 0.1) is 0 Å². The average Bonchev–Trinajstić information content (AvgIpc) is 3.32. The van der Waals surface area contributed by atoms with Crippen LogP contribution in [0.1, 0.15) is 57.1 Å². The molecule has 3 aliphatic rings. The lowest BCUT2D eigenvalue weighted by Gasteiger charge is -2.52. The van der Waals surface area contributed by atoms with E-state index in [0.717, 1.165) is 30.4 Å². The summed E-state index contributed by atoms with van der Waals surface area (Å²) in [4.78, 5) is 54.2. The van der Waals surface area contributed by atoms with Crippen LogP contribution >= 0.6 is 0 Å². The molecule has 1 aromatic rings. The molecule has 1 saturated carbocycles. The first-order chi connectivity index (χ1) is 20.4. The Morgan fingerprint density at radius 2 is 1.95 bits per heavy atom. The number of carbonyl (C=O) groups is 4. The van der Waals surface area contributed by atoms with Gasteiger partial charge in [0.25, 0.3) is 0 Å². The van der Waals surface area contributed by atoms with Crippen molar-refractivity contribution in [3.05, 3.63) is 23.3 Å². The molecule has 3 amide bonds. The Morgan fingerprint density at radius 1 is 1.21 bits per heavy atom. The van der Waals surface area contributed by atoms with Gasteiger partial charge in [0.15, 0.2) is 29.3 Å². The first kappa shape index (κ1) is 32.1. The number of Topliss-reactive ketones (excluding diaryl/α,β-unsaturated/α-hetero) is 1. The summed E-state index contributed by atoms with van der Waals surface area (Å²) in [6.07, 6.45) is 2.54. The van der Waals surface area contributed by atoms with Gasteiger partial charge < -0.3 is 41.0 Å². The van der Waals surface area contributed by atoms with Crippen molar-refractivity contribution in [1.29, 1.82) is 5.41 Å². The Kier molecular flexibility index (Phi) is 9.83. The largest absolute Gasteiger partial charge is 0.477 e. The summed E-state index contributed by atoms with van der Waals surface area (Å²) in [7, 11) is 5.74. The third kappa shape index (κ3) is 6.41. The maximum atomic E-state index is 13.2. The number of ketones is 1. The van der Waals surface area contributed by atoms with E-state index in [0.29, 0.717) is 37.3 Å². The Morgan fingerprint density at radius 3 is 2.60 bits per heavy atom. The predicted octanol–water partition coefficient (Wildman–Crippen LogP) is 0.876. The van der Waals surface area contributed by atoms with E-state index in [1.165, 1.54) is 11.8 Å². The number of guanidine groups is 1. The van der Waals surface area contributed by atoms with Gasteiger partial charge in [-0.1, -0.05) is 13.0 Å². The smallest absolute Gasteiger partial charge is 0.415 e. The maximum absolute atomic E-state index is 13.2. The number of nitrogens with zero attached hydrogens (tertiary/aromatic N) is 2. The summed E-state index contributed by atoms with van der Waals surface area (Å²) in [5.41, 5.74) is 6.97. The van der Waals surface area contributed by atoms with Crippen molar-refractivity contribution < 1.29 is 28.7 Å². The second-order valence-electron chi connectivity index (χ2n) is 12.0. The lowest BCUT2D eigenvalue weighted by atomic mass is 9.53. The minimum Gasteiger partial charge on any atom is -0.477 e. The molecule has 1 aliphatic heterocycles. The van der Waals surface area contributed by atoms with Crippen LogP contribution in [-0.2, 0) is 26.2 Å². The van der Waals surface area contributed by atoms with E-state index < -0.39 is 23.7 Å². The second-order valence-corrected chi connectivity index (χ2v) is 12.0. The van der Waals surface area contributed by atoms with Crippen LogP contribution in [0.25, 0.3) is 0 Å². The van der Waals surface area contributed by atoms with Crippen LogP contribution in [0, 0.1) is 11.3 Å². The molecule has 13 nitrogen and oxygen atoms in total. The molecule has 0 radical (unpaired) electrons. The highest BCUT2D eigenvalue weighted by Gasteiger charge is 2.63. The van der Waals surface area contributed by atoms with Crippen molar-refractivity contribution in [2.45, 2.75) is 76.0 Å². The normalized spacial score (nSPS) is 24.0. The molecule has 13 heteroatoms. The van der Waals surface area contributed by atoms with Gasteiger partial charge in [-0.25, -0.2) is 4.79 Å². The fourth-order valence-corrected chi connectivity index (χ4v) is 7.10. The van der Waals surface area contributed by atoms with Crippen LogP contribution in [0.2, 0.25) is 0 Å². The van der Waals surface area contributed by atoms with Gasteiger partial charge in [-0.3, -0.25) is 19.8 Å². The summed E-state index contributed by atoms with van der Waals surface area (Å²) in [5.74, 6) is 0.265. The number of benzene rings is 1. The molecule has 43 heavy (non-hydrogen) atoms. The highest BCUT2D eigenvalue weighted by Crippen LogP contribution is 2.61. The Hall–Kier alpha value is -3.87. The van der Waals surface area contributed by atoms with E-state index in [1.54, 1.807) is 13.1 Å². The summed E-state index contributed by atoms with van der Waals surface area (Å²) in [6, 6.07) is 3.27. The molecule has 0 bridgehead atoms. The van der Waals surface area contributed by atoms with Crippen molar-refractivity contribution in [2.75, 3.05) is 40.8 Å². The number of rotatable bonds is 12. The fraction of sp³-hybridized carbons (Fsp3) is 0.633. The van der Waals surface area contributed by atoms with Crippen LogP contribution in [0.15, 0.2) is 12.1 Å². The van der Waals surface area contributed by atoms with Gasteiger partial charge in [0, 0.05) is 57.0 Å². The molecular formula is C30H45N7O6. The number of nitrogens with one attached hydrogen (secondary N) is 4. The van der Waals surface area contributed by atoms with Crippen LogP contribution in [-0.4, -0.2) is 98.4 Å². The Balaban J connectivity index is 1.41. The molecule has 0 aromatic heterocycles. The minimum atomic E-state index is -0.756. The average molecular weight is 600 g/mol. The van der Waals surface area contributed by atoms with E-state index in [4.69, 9.17) is 20.6 Å². The molecule has 5 atom stereocenters. The maximum Gasteiger partial charge on any atom is 0.415 e. The summed E-state index contributed by atoms with van der Waals surface area (Å²) in [5, 5.41) is 15.3. The van der Waals surface area contributed by atoms with Gasteiger partial charge in [-0.05, 0) is 63.7 Å². The molecule has 1 heterocycles. The summed E-state index contributed by atoms with van der Waals surface area (Å²) in [6.45, 7) is 4.15. The first-order valence-electron chi connectivity index (χ1n) is 15.0. The summed E-state index contributed by atoms with van der Waals surface area (Å²) < 4.78 is 12.2. The van der Waals surface area contributed by atoms with Gasteiger partial charge >= 0.3 is 6.09 Å². The van der Waals surface area contributed by atoms with Crippen molar-refractivity contribution in [2.24, 2.45) is 11.7 Å². The van der Waals surface area contributed by atoms with E-state index in [1.807, 2.05) is 6.07 Å². The molecule has 2 unspecified atom stereocenters. The molecule has 1 fully saturated rings. The van der Waals surface area contributed by atoms with Gasteiger partial charge in [0.2, 0.25) is 11.8 Å². The van der Waals surface area contributed by atoms with Crippen molar-refractivity contribution in [3.8, 4) is 11.5 Å². The van der Waals surface area contributed by atoms with E-state index >= 15 is 0 Å². The molecule has 1 aromatic carbocycles. The lowest BCUT2D eigenvalue weighted by Crippen LogP contribution is -2.60. The van der Waals surface area contributed by atoms with E-state index in [-0.39, 0.29) is 48.6 Å². The number of likely N-dealkylation sites (N-methyl/N-ethyl adjacent to an activating group) is 2. The SMILES string of the molecule is CC[C@]12c3c4ccc(OC(=O)N(C)CCNC(=O)[C@H](CCCNC(=N)N)NC(C)=O)c3OC1C(=O)CCC2[C@H](N(C)C)C4. The van der Waals surface area contributed by atoms with Gasteiger partial charge in [-0.15, -0.1) is 0 Å². The molecule has 4 rings (SSSR count). The highest BCUT2D eigenvalue weighted by atomic mass is 16.6. The van der Waals surface area contributed by atoms with Crippen LogP contribution < -0.4 is 31.2 Å². The molecule has 6 N–H and O–H groups in total. The highest BCUT2D eigenvalue weighted by molar-refractivity contribution is 5.89. The van der Waals surface area contributed by atoms with Crippen molar-refractivity contribution in [1.82, 2.24) is 25.8 Å². The number of carbonyl (C=O) groups excluding carboxylic acids is 4. The zero-order chi connectivity index (χ0) is 31.5. The third-order valence-electron chi connectivity index (χ3n) is 9.11. The fourth-order valence-electron chi connectivity index (χ4n) is 7.10. The van der Waals surface area contributed by atoms with E-state index in [9.17, 15) is 19.2 Å². The molecular weight excluding hydrogens is 554 g/mol. The predicted molar refractivity (Wildman–Crippen MR) is 160 cm³/mol. The quantitative estimate of drug-likeness (QED) is 0.132. The van der Waals surface area contributed by atoms with Gasteiger partial charge in [0.1, 0.15) is 6.04 Å². The zero-order valence-electron chi connectivity index (χ0n) is 25.7. The van der Waals surface area contributed by atoms with Crippen LogP contribution in [0.3, 0.4) is 0 Å².